The SMILES string of the molecule is CCNC(=NCC(=O)N1CCCC1)NCC(c1ccccc1OC)N1CCCCC1. The molecule has 7 heteroatoms. The molecule has 0 bridgehead atoms. The highest BCUT2D eigenvalue weighted by atomic mass is 16.5. The molecule has 0 aromatic heterocycles. The molecule has 2 saturated heterocycles. The van der Waals surface area contributed by atoms with Gasteiger partial charge in [0.25, 0.3) is 0 Å². The van der Waals surface area contributed by atoms with Gasteiger partial charge in [-0.3, -0.25) is 9.69 Å². The number of hydrogen-bond donors (Lipinski definition) is 2. The van der Waals surface area contributed by atoms with Crippen molar-refractivity contribution in [3.63, 3.8) is 0 Å². The van der Waals surface area contributed by atoms with Crippen LogP contribution in [0.4, 0.5) is 0 Å². The first-order chi connectivity index (χ1) is 14.7. The van der Waals surface area contributed by atoms with Crippen LogP contribution in [0.25, 0.3) is 0 Å². The topological polar surface area (TPSA) is 69.2 Å². The standard InChI is InChI=1S/C23H37N5O2/c1-3-24-23(26-18-22(29)28-15-9-10-16-28)25-17-20(27-13-7-4-8-14-27)19-11-5-6-12-21(19)30-2/h5-6,11-12,20H,3-4,7-10,13-18H2,1-2H3,(H2,24,25,26). The van der Waals surface area contributed by atoms with E-state index in [0.29, 0.717) is 12.5 Å². The average Bonchev–Trinajstić information content (AvgIpc) is 3.33. The van der Waals surface area contributed by atoms with Gasteiger partial charge >= 0.3 is 0 Å². The molecule has 0 saturated carbocycles. The van der Waals surface area contributed by atoms with Gasteiger partial charge in [0.15, 0.2) is 5.96 Å². The number of benzene rings is 1. The first kappa shape index (κ1) is 22.4. The van der Waals surface area contributed by atoms with Gasteiger partial charge in [-0.05, 0) is 51.8 Å². The van der Waals surface area contributed by atoms with Gasteiger partial charge in [-0.15, -0.1) is 0 Å². The number of piperidine rings is 1. The van der Waals surface area contributed by atoms with Crippen molar-refractivity contribution in [2.45, 2.75) is 45.1 Å². The van der Waals surface area contributed by atoms with E-state index in [1.807, 2.05) is 24.0 Å². The van der Waals surface area contributed by atoms with Crippen molar-refractivity contribution in [1.82, 2.24) is 20.4 Å². The van der Waals surface area contributed by atoms with Crippen molar-refractivity contribution >= 4 is 11.9 Å². The number of carbonyl (C=O) groups is 1. The van der Waals surface area contributed by atoms with Crippen LogP contribution in [-0.2, 0) is 4.79 Å². The lowest BCUT2D eigenvalue weighted by atomic mass is 10.0. The highest BCUT2D eigenvalue weighted by Crippen LogP contribution is 2.30. The molecular formula is C23H37N5O2. The van der Waals surface area contributed by atoms with Gasteiger partial charge in [0.2, 0.25) is 5.91 Å². The average molecular weight is 416 g/mol. The minimum atomic E-state index is 0.113. The van der Waals surface area contributed by atoms with E-state index in [4.69, 9.17) is 4.74 Å². The van der Waals surface area contributed by atoms with Crippen LogP contribution in [0.15, 0.2) is 29.3 Å². The fourth-order valence-electron chi connectivity index (χ4n) is 4.36. The summed E-state index contributed by atoms with van der Waals surface area (Å²) in [7, 11) is 1.73. The van der Waals surface area contributed by atoms with Crippen LogP contribution < -0.4 is 15.4 Å². The second kappa shape index (κ2) is 11.8. The number of para-hydroxylation sites is 1. The van der Waals surface area contributed by atoms with E-state index in [9.17, 15) is 4.79 Å². The molecule has 1 atom stereocenters. The first-order valence-corrected chi connectivity index (χ1v) is 11.4. The predicted octanol–water partition coefficient (Wildman–Crippen LogP) is 2.40. The Morgan fingerprint density at radius 3 is 2.47 bits per heavy atom. The summed E-state index contributed by atoms with van der Waals surface area (Å²) in [6.07, 6.45) is 5.95. The van der Waals surface area contributed by atoms with E-state index in [0.717, 1.165) is 51.3 Å². The van der Waals surface area contributed by atoms with Gasteiger partial charge in [0, 0.05) is 31.7 Å². The molecule has 7 nitrogen and oxygen atoms in total. The number of amides is 1. The third kappa shape index (κ3) is 6.11. The van der Waals surface area contributed by atoms with E-state index in [1.54, 1.807) is 7.11 Å². The molecule has 1 amide bonds. The van der Waals surface area contributed by atoms with Crippen molar-refractivity contribution < 1.29 is 9.53 Å². The lowest BCUT2D eigenvalue weighted by Gasteiger charge is -2.35. The van der Waals surface area contributed by atoms with Crippen molar-refractivity contribution in [2.75, 3.05) is 52.9 Å². The number of carbonyl (C=O) groups excluding carboxylic acids is 1. The van der Waals surface area contributed by atoms with Crippen molar-refractivity contribution in [1.29, 1.82) is 0 Å². The number of aliphatic imine (C=N–C) groups is 1. The monoisotopic (exact) mass is 415 g/mol. The van der Waals surface area contributed by atoms with E-state index in [1.165, 1.54) is 24.8 Å². The Bertz CT molecular complexity index is 697. The van der Waals surface area contributed by atoms with E-state index in [2.05, 4.69) is 32.7 Å². The minimum Gasteiger partial charge on any atom is -0.496 e. The van der Waals surface area contributed by atoms with E-state index < -0.39 is 0 Å². The second-order valence-corrected chi connectivity index (χ2v) is 8.02. The van der Waals surface area contributed by atoms with Crippen LogP contribution in [0.1, 0.15) is 50.6 Å². The molecule has 30 heavy (non-hydrogen) atoms. The summed E-state index contributed by atoms with van der Waals surface area (Å²) in [5.41, 5.74) is 1.19. The number of likely N-dealkylation sites (tertiary alicyclic amines) is 2. The normalized spacial score (nSPS) is 18.9. The molecule has 2 heterocycles. The van der Waals surface area contributed by atoms with Crippen LogP contribution in [0.5, 0.6) is 5.75 Å². The van der Waals surface area contributed by atoms with Crippen molar-refractivity contribution in [3.05, 3.63) is 29.8 Å². The third-order valence-electron chi connectivity index (χ3n) is 5.97. The van der Waals surface area contributed by atoms with E-state index in [-0.39, 0.29) is 18.5 Å². The van der Waals surface area contributed by atoms with Crippen molar-refractivity contribution in [2.24, 2.45) is 4.99 Å². The molecule has 2 aliphatic heterocycles. The largest absolute Gasteiger partial charge is 0.496 e. The molecule has 0 spiro atoms. The molecule has 0 radical (unpaired) electrons. The zero-order chi connectivity index (χ0) is 21.2. The van der Waals surface area contributed by atoms with Crippen molar-refractivity contribution in [3.8, 4) is 5.75 Å². The third-order valence-corrected chi connectivity index (χ3v) is 5.97. The molecular weight excluding hydrogens is 378 g/mol. The summed E-state index contributed by atoms with van der Waals surface area (Å²) in [6, 6.07) is 8.46. The molecule has 3 rings (SSSR count). The lowest BCUT2D eigenvalue weighted by molar-refractivity contribution is -0.128. The summed E-state index contributed by atoms with van der Waals surface area (Å²) >= 11 is 0. The number of rotatable bonds is 8. The number of nitrogens with one attached hydrogen (secondary N) is 2. The zero-order valence-electron chi connectivity index (χ0n) is 18.5. The summed E-state index contributed by atoms with van der Waals surface area (Å²) in [4.78, 5) is 21.4. The Balaban J connectivity index is 1.69. The Morgan fingerprint density at radius 1 is 1.07 bits per heavy atom. The fraction of sp³-hybridized carbons (Fsp3) is 0.652. The molecule has 1 aromatic rings. The Hall–Kier alpha value is -2.28. The Labute approximate surface area is 180 Å². The summed E-state index contributed by atoms with van der Waals surface area (Å²) in [6.45, 7) is 7.61. The minimum absolute atomic E-state index is 0.113. The molecule has 1 aromatic carbocycles. The van der Waals surface area contributed by atoms with Crippen LogP contribution in [-0.4, -0.2) is 74.6 Å². The number of nitrogens with zero attached hydrogens (tertiary/aromatic N) is 3. The maximum absolute atomic E-state index is 12.4. The smallest absolute Gasteiger partial charge is 0.244 e. The van der Waals surface area contributed by atoms with Gasteiger partial charge < -0.3 is 20.3 Å². The Morgan fingerprint density at radius 2 is 1.77 bits per heavy atom. The highest BCUT2D eigenvalue weighted by Gasteiger charge is 2.25. The van der Waals surface area contributed by atoms with Crippen LogP contribution in [0.2, 0.25) is 0 Å². The maximum atomic E-state index is 12.4. The Kier molecular flexibility index (Phi) is 8.81. The van der Waals surface area contributed by atoms with Gasteiger partial charge in [-0.25, -0.2) is 4.99 Å². The molecule has 2 fully saturated rings. The number of hydrogen-bond acceptors (Lipinski definition) is 4. The molecule has 2 N–H and O–H groups in total. The fourth-order valence-corrected chi connectivity index (χ4v) is 4.36. The summed E-state index contributed by atoms with van der Waals surface area (Å²) in [5.74, 6) is 1.73. The lowest BCUT2D eigenvalue weighted by Crippen LogP contribution is -2.45. The van der Waals surface area contributed by atoms with Gasteiger partial charge in [-0.2, -0.15) is 0 Å². The highest BCUT2D eigenvalue weighted by molar-refractivity contribution is 5.85. The van der Waals surface area contributed by atoms with Crippen LogP contribution in [0.3, 0.4) is 0 Å². The zero-order valence-corrected chi connectivity index (χ0v) is 18.5. The van der Waals surface area contributed by atoms with Crippen LogP contribution >= 0.6 is 0 Å². The number of ether oxygens (including phenoxy) is 1. The van der Waals surface area contributed by atoms with Gasteiger partial charge in [0.05, 0.1) is 13.2 Å². The maximum Gasteiger partial charge on any atom is 0.244 e. The van der Waals surface area contributed by atoms with Gasteiger partial charge in [0.1, 0.15) is 12.3 Å². The first-order valence-electron chi connectivity index (χ1n) is 11.4. The molecule has 166 valence electrons. The molecule has 1 unspecified atom stereocenters. The van der Waals surface area contributed by atoms with Gasteiger partial charge in [-0.1, -0.05) is 24.6 Å². The van der Waals surface area contributed by atoms with Crippen LogP contribution in [0, 0.1) is 0 Å². The number of methoxy groups -OCH3 is 1. The second-order valence-electron chi connectivity index (χ2n) is 8.02. The molecule has 0 aliphatic carbocycles. The quantitative estimate of drug-likeness (QED) is 0.504. The predicted molar refractivity (Wildman–Crippen MR) is 121 cm³/mol. The molecule has 2 aliphatic rings. The summed E-state index contributed by atoms with van der Waals surface area (Å²) in [5, 5.41) is 6.77. The van der Waals surface area contributed by atoms with E-state index >= 15 is 0 Å². The number of guanidine groups is 1. The summed E-state index contributed by atoms with van der Waals surface area (Å²) < 4.78 is 5.66.